The molecular weight excluding hydrogens is 336 g/mol. The van der Waals surface area contributed by atoms with Crippen molar-refractivity contribution in [1.29, 1.82) is 0 Å². The van der Waals surface area contributed by atoms with Crippen LogP contribution in [0, 0.1) is 5.92 Å². The smallest absolute Gasteiger partial charge is 0.225 e. The fourth-order valence-electron chi connectivity index (χ4n) is 3.66. The second kappa shape index (κ2) is 7.74. The van der Waals surface area contributed by atoms with Crippen molar-refractivity contribution in [3.05, 3.63) is 66.4 Å². The Hall–Kier alpha value is -2.95. The molecule has 5 nitrogen and oxygen atoms in total. The fraction of sp³-hybridized carbons (Fsp3) is 0.318. The van der Waals surface area contributed by atoms with Crippen molar-refractivity contribution >= 4 is 22.8 Å². The maximum atomic E-state index is 12.8. The number of carbonyl (C=O) groups excluding carboxylic acids is 1. The summed E-state index contributed by atoms with van der Waals surface area (Å²) in [6.07, 6.45) is 3.70. The van der Waals surface area contributed by atoms with Crippen LogP contribution in [0.15, 0.2) is 60.8 Å². The predicted molar refractivity (Wildman–Crippen MR) is 107 cm³/mol. The van der Waals surface area contributed by atoms with E-state index in [0.29, 0.717) is 6.54 Å². The summed E-state index contributed by atoms with van der Waals surface area (Å²) < 4.78 is 0. The second-order valence-corrected chi connectivity index (χ2v) is 7.14. The summed E-state index contributed by atoms with van der Waals surface area (Å²) in [4.78, 5) is 24.2. The van der Waals surface area contributed by atoms with Gasteiger partial charge in [0.1, 0.15) is 5.82 Å². The van der Waals surface area contributed by atoms with E-state index < -0.39 is 0 Å². The number of para-hydroxylation sites is 2. The van der Waals surface area contributed by atoms with Gasteiger partial charge in [-0.15, -0.1) is 0 Å². The van der Waals surface area contributed by atoms with E-state index in [1.54, 1.807) is 0 Å². The van der Waals surface area contributed by atoms with Gasteiger partial charge in [-0.2, -0.15) is 0 Å². The number of benzene rings is 2. The fourth-order valence-corrected chi connectivity index (χ4v) is 3.66. The highest BCUT2D eigenvalue weighted by atomic mass is 16.2. The van der Waals surface area contributed by atoms with Crippen LogP contribution in [0.5, 0.6) is 0 Å². The van der Waals surface area contributed by atoms with Crippen molar-refractivity contribution in [2.75, 3.05) is 18.0 Å². The lowest BCUT2D eigenvalue weighted by atomic mass is 9.96. The molecule has 0 bridgehead atoms. The molecule has 2 atom stereocenters. The molecule has 1 fully saturated rings. The molecular formula is C22H24N4O. The molecule has 138 valence electrons. The number of nitrogens with one attached hydrogen (secondary N) is 1. The molecule has 1 aliphatic heterocycles. The van der Waals surface area contributed by atoms with Gasteiger partial charge in [-0.05, 0) is 37.5 Å². The van der Waals surface area contributed by atoms with Crippen molar-refractivity contribution in [3.63, 3.8) is 0 Å². The molecule has 27 heavy (non-hydrogen) atoms. The topological polar surface area (TPSA) is 58.1 Å². The lowest BCUT2D eigenvalue weighted by molar-refractivity contribution is -0.125. The maximum absolute atomic E-state index is 12.8. The molecule has 5 heteroatoms. The van der Waals surface area contributed by atoms with Gasteiger partial charge in [0, 0.05) is 13.1 Å². The van der Waals surface area contributed by atoms with Crippen LogP contribution in [0.4, 0.5) is 5.82 Å². The Morgan fingerprint density at radius 3 is 2.67 bits per heavy atom. The molecule has 1 N–H and O–H groups in total. The second-order valence-electron chi connectivity index (χ2n) is 7.14. The van der Waals surface area contributed by atoms with Crippen LogP contribution in [0.1, 0.15) is 31.4 Å². The number of anilines is 1. The van der Waals surface area contributed by atoms with E-state index in [4.69, 9.17) is 4.98 Å². The molecule has 0 saturated carbocycles. The van der Waals surface area contributed by atoms with Gasteiger partial charge < -0.3 is 10.2 Å². The first-order valence-corrected chi connectivity index (χ1v) is 9.53. The Kier molecular flexibility index (Phi) is 5.01. The third-order valence-corrected chi connectivity index (χ3v) is 5.21. The van der Waals surface area contributed by atoms with Gasteiger partial charge in [0.15, 0.2) is 0 Å². The molecule has 2 heterocycles. The largest absolute Gasteiger partial charge is 0.355 e. The number of rotatable bonds is 4. The van der Waals surface area contributed by atoms with Gasteiger partial charge in [-0.25, -0.2) is 4.98 Å². The molecule has 1 amide bonds. The molecule has 0 spiro atoms. The summed E-state index contributed by atoms with van der Waals surface area (Å²) in [7, 11) is 0. The van der Waals surface area contributed by atoms with Gasteiger partial charge >= 0.3 is 0 Å². The Morgan fingerprint density at radius 1 is 1.11 bits per heavy atom. The number of nitrogens with zero attached hydrogens (tertiary/aromatic N) is 3. The van der Waals surface area contributed by atoms with Crippen LogP contribution in [-0.4, -0.2) is 29.0 Å². The van der Waals surface area contributed by atoms with Gasteiger partial charge in [-0.1, -0.05) is 42.5 Å². The van der Waals surface area contributed by atoms with Crippen LogP contribution in [0.3, 0.4) is 0 Å². The average molecular weight is 360 g/mol. The van der Waals surface area contributed by atoms with Crippen molar-refractivity contribution in [1.82, 2.24) is 15.3 Å². The zero-order valence-corrected chi connectivity index (χ0v) is 15.5. The summed E-state index contributed by atoms with van der Waals surface area (Å²) >= 11 is 0. The molecule has 2 aromatic carbocycles. The Balaban J connectivity index is 1.44. The van der Waals surface area contributed by atoms with Crippen molar-refractivity contribution in [2.45, 2.75) is 25.8 Å². The zero-order valence-electron chi connectivity index (χ0n) is 15.5. The first kappa shape index (κ1) is 17.5. The first-order valence-electron chi connectivity index (χ1n) is 9.53. The standard InChI is InChI=1S/C22H24N4O/c1-16(17-8-3-2-4-9-17)24-22(27)18-10-7-13-26(15-18)21-14-23-19-11-5-6-12-20(19)25-21/h2-6,8-9,11-12,14,16,18H,7,10,13,15H2,1H3,(H,24,27)/t16-,18-/m0/s1. The number of aromatic nitrogens is 2. The molecule has 0 unspecified atom stereocenters. The average Bonchev–Trinajstić information content (AvgIpc) is 2.74. The van der Waals surface area contributed by atoms with Gasteiger partial charge in [-0.3, -0.25) is 9.78 Å². The molecule has 1 saturated heterocycles. The third kappa shape index (κ3) is 3.92. The van der Waals surface area contributed by atoms with Crippen LogP contribution >= 0.6 is 0 Å². The maximum Gasteiger partial charge on any atom is 0.225 e. The van der Waals surface area contributed by atoms with Crippen molar-refractivity contribution < 1.29 is 4.79 Å². The van der Waals surface area contributed by atoms with Crippen LogP contribution in [-0.2, 0) is 4.79 Å². The number of carbonyl (C=O) groups is 1. The van der Waals surface area contributed by atoms with Crippen LogP contribution < -0.4 is 10.2 Å². The number of piperidine rings is 1. The molecule has 4 rings (SSSR count). The molecule has 0 radical (unpaired) electrons. The lowest BCUT2D eigenvalue weighted by Crippen LogP contribution is -2.44. The SMILES string of the molecule is C[C@H](NC(=O)[C@H]1CCCN(c2cnc3ccccc3n2)C1)c1ccccc1. The van der Waals surface area contributed by atoms with E-state index in [-0.39, 0.29) is 17.9 Å². The van der Waals surface area contributed by atoms with Crippen molar-refractivity contribution in [2.24, 2.45) is 5.92 Å². The summed E-state index contributed by atoms with van der Waals surface area (Å²) in [5.41, 5.74) is 2.91. The Labute approximate surface area is 159 Å². The minimum absolute atomic E-state index is 0.00883. The van der Waals surface area contributed by atoms with Gasteiger partial charge in [0.05, 0.1) is 29.2 Å². The van der Waals surface area contributed by atoms with E-state index >= 15 is 0 Å². The number of hydrogen-bond acceptors (Lipinski definition) is 4. The summed E-state index contributed by atoms with van der Waals surface area (Å²) in [6.45, 7) is 3.62. The molecule has 1 aromatic heterocycles. The quantitative estimate of drug-likeness (QED) is 0.770. The van der Waals surface area contributed by atoms with E-state index in [9.17, 15) is 4.79 Å². The zero-order chi connectivity index (χ0) is 18.6. The normalized spacial score (nSPS) is 18.3. The predicted octanol–water partition coefficient (Wildman–Crippen LogP) is 3.72. The number of fused-ring (bicyclic) bond motifs is 1. The number of hydrogen-bond donors (Lipinski definition) is 1. The summed E-state index contributed by atoms with van der Waals surface area (Å²) in [6, 6.07) is 18.0. The summed E-state index contributed by atoms with van der Waals surface area (Å²) in [5.74, 6) is 0.935. The number of amides is 1. The van der Waals surface area contributed by atoms with Gasteiger partial charge in [0.2, 0.25) is 5.91 Å². The molecule has 3 aromatic rings. The Morgan fingerprint density at radius 2 is 1.85 bits per heavy atom. The molecule has 0 aliphatic carbocycles. The van der Waals surface area contributed by atoms with E-state index in [2.05, 4.69) is 15.2 Å². The highest BCUT2D eigenvalue weighted by molar-refractivity contribution is 5.80. The minimum atomic E-state index is -0.0295. The highest BCUT2D eigenvalue weighted by Crippen LogP contribution is 2.24. The Bertz CT molecular complexity index is 928. The molecule has 1 aliphatic rings. The van der Waals surface area contributed by atoms with Crippen LogP contribution in [0.2, 0.25) is 0 Å². The monoisotopic (exact) mass is 360 g/mol. The minimum Gasteiger partial charge on any atom is -0.355 e. The summed E-state index contributed by atoms with van der Waals surface area (Å²) in [5, 5.41) is 3.17. The highest BCUT2D eigenvalue weighted by Gasteiger charge is 2.27. The third-order valence-electron chi connectivity index (χ3n) is 5.21. The lowest BCUT2D eigenvalue weighted by Gasteiger charge is -2.33. The van der Waals surface area contributed by atoms with E-state index in [0.717, 1.165) is 41.8 Å². The van der Waals surface area contributed by atoms with E-state index in [1.807, 2.05) is 67.7 Å². The van der Waals surface area contributed by atoms with Crippen LogP contribution in [0.25, 0.3) is 11.0 Å². The van der Waals surface area contributed by atoms with E-state index in [1.165, 1.54) is 0 Å². The van der Waals surface area contributed by atoms with Crippen molar-refractivity contribution in [3.8, 4) is 0 Å². The van der Waals surface area contributed by atoms with Gasteiger partial charge in [0.25, 0.3) is 0 Å². The first-order chi connectivity index (χ1) is 13.2.